The van der Waals surface area contributed by atoms with Crippen LogP contribution in [0.1, 0.15) is 35.7 Å². The molecule has 4 nitrogen and oxygen atoms in total. The fourth-order valence-electron chi connectivity index (χ4n) is 2.50. The lowest BCUT2D eigenvalue weighted by molar-refractivity contribution is -0.147. The van der Waals surface area contributed by atoms with Crippen LogP contribution < -0.4 is 0 Å². The Morgan fingerprint density at radius 1 is 1.42 bits per heavy atom. The summed E-state index contributed by atoms with van der Waals surface area (Å²) in [7, 11) is 0. The summed E-state index contributed by atoms with van der Waals surface area (Å²) in [5.41, 5.74) is 0.0435. The van der Waals surface area contributed by atoms with E-state index in [4.69, 9.17) is 11.6 Å². The van der Waals surface area contributed by atoms with Gasteiger partial charge in [0.05, 0.1) is 0 Å². The van der Waals surface area contributed by atoms with Gasteiger partial charge in [-0.15, -0.1) is 0 Å². The lowest BCUT2D eigenvalue weighted by Crippen LogP contribution is -2.50. The summed E-state index contributed by atoms with van der Waals surface area (Å²) in [5.74, 6) is -1.22. The van der Waals surface area contributed by atoms with E-state index in [1.807, 2.05) is 0 Å². The number of nitrogens with zero attached hydrogens (tertiary/aromatic N) is 1. The van der Waals surface area contributed by atoms with Gasteiger partial charge < -0.3 is 10.0 Å². The molecular weight excluding hydrogens is 266 g/mol. The summed E-state index contributed by atoms with van der Waals surface area (Å²) in [6.07, 6.45) is 1.18. The van der Waals surface area contributed by atoms with E-state index >= 15 is 0 Å². The molecule has 1 fully saturated rings. The molecule has 5 heteroatoms. The normalized spacial score (nSPS) is 22.6. The second kappa shape index (κ2) is 4.85. The van der Waals surface area contributed by atoms with Crippen molar-refractivity contribution in [1.82, 2.24) is 4.90 Å². The largest absolute Gasteiger partial charge is 0.480 e. The van der Waals surface area contributed by atoms with Gasteiger partial charge in [-0.05, 0) is 44.4 Å². The van der Waals surface area contributed by atoms with Crippen LogP contribution in [-0.4, -0.2) is 34.0 Å². The zero-order valence-corrected chi connectivity index (χ0v) is 11.7. The summed E-state index contributed by atoms with van der Waals surface area (Å²) in [5, 5.41) is 9.86. The highest BCUT2D eigenvalue weighted by Gasteiger charge is 2.46. The van der Waals surface area contributed by atoms with Crippen LogP contribution in [0.4, 0.5) is 0 Å². The van der Waals surface area contributed by atoms with Crippen molar-refractivity contribution in [2.45, 2.75) is 32.2 Å². The average molecular weight is 282 g/mol. The molecule has 1 aromatic rings. The number of rotatable bonds is 2. The first-order valence-corrected chi connectivity index (χ1v) is 6.56. The first kappa shape index (κ1) is 13.9. The Bertz CT molecular complexity index is 543. The van der Waals surface area contributed by atoms with Crippen LogP contribution in [0, 0.1) is 6.92 Å². The molecule has 1 amide bonds. The summed E-state index contributed by atoms with van der Waals surface area (Å²) < 4.78 is 0. The van der Waals surface area contributed by atoms with E-state index < -0.39 is 11.5 Å². The standard InChI is InChI=1S/C14H16ClNO3/c1-9-10(5-3-6-11(9)15)12(17)16-8-4-7-14(16,2)13(18)19/h3,5-6H,4,7-8H2,1-2H3,(H,18,19). The molecular formula is C14H16ClNO3. The maximum Gasteiger partial charge on any atom is 0.329 e. The Balaban J connectivity index is 2.39. The van der Waals surface area contributed by atoms with Gasteiger partial charge in [0, 0.05) is 17.1 Å². The van der Waals surface area contributed by atoms with E-state index in [9.17, 15) is 14.7 Å². The molecule has 0 aromatic heterocycles. The van der Waals surface area contributed by atoms with Crippen molar-refractivity contribution < 1.29 is 14.7 Å². The minimum Gasteiger partial charge on any atom is -0.480 e. The number of carboxylic acid groups (broad SMARTS) is 1. The summed E-state index contributed by atoms with van der Waals surface area (Å²) in [6.45, 7) is 3.83. The minimum atomic E-state index is -1.12. The fourth-order valence-corrected chi connectivity index (χ4v) is 2.67. The molecule has 1 atom stereocenters. The van der Waals surface area contributed by atoms with Crippen LogP contribution in [0.15, 0.2) is 18.2 Å². The third kappa shape index (κ3) is 2.21. The topological polar surface area (TPSA) is 57.6 Å². The van der Waals surface area contributed by atoms with Gasteiger partial charge in [-0.25, -0.2) is 4.79 Å². The van der Waals surface area contributed by atoms with E-state index in [0.717, 1.165) is 0 Å². The maximum atomic E-state index is 12.5. The maximum absolute atomic E-state index is 12.5. The first-order chi connectivity index (χ1) is 8.88. The molecule has 0 bridgehead atoms. The van der Waals surface area contributed by atoms with Crippen LogP contribution in [0.2, 0.25) is 5.02 Å². The monoisotopic (exact) mass is 281 g/mol. The second-order valence-electron chi connectivity index (χ2n) is 5.05. The number of likely N-dealkylation sites (tertiary alicyclic amines) is 1. The lowest BCUT2D eigenvalue weighted by Gasteiger charge is -2.31. The van der Waals surface area contributed by atoms with Crippen molar-refractivity contribution >= 4 is 23.5 Å². The van der Waals surface area contributed by atoms with Gasteiger partial charge in [0.1, 0.15) is 5.54 Å². The number of hydrogen-bond donors (Lipinski definition) is 1. The Kier molecular flexibility index (Phi) is 3.54. The number of carbonyl (C=O) groups is 2. The van der Waals surface area contributed by atoms with Gasteiger partial charge >= 0.3 is 5.97 Å². The molecule has 19 heavy (non-hydrogen) atoms. The number of halogens is 1. The van der Waals surface area contributed by atoms with E-state index in [1.54, 1.807) is 32.0 Å². The number of carbonyl (C=O) groups excluding carboxylic acids is 1. The van der Waals surface area contributed by atoms with Crippen LogP contribution in [0.25, 0.3) is 0 Å². The second-order valence-corrected chi connectivity index (χ2v) is 5.46. The summed E-state index contributed by atoms with van der Waals surface area (Å²) >= 11 is 6.01. The van der Waals surface area contributed by atoms with Crippen molar-refractivity contribution in [3.05, 3.63) is 34.3 Å². The van der Waals surface area contributed by atoms with Gasteiger partial charge in [0.15, 0.2) is 0 Å². The molecule has 0 aliphatic carbocycles. The highest BCUT2D eigenvalue weighted by Crippen LogP contribution is 2.32. The zero-order chi connectivity index (χ0) is 14.2. The number of carboxylic acids is 1. The number of amides is 1. The van der Waals surface area contributed by atoms with E-state index in [1.165, 1.54) is 4.90 Å². The Morgan fingerprint density at radius 2 is 2.11 bits per heavy atom. The molecule has 1 unspecified atom stereocenters. The van der Waals surface area contributed by atoms with Crippen LogP contribution in [-0.2, 0) is 4.79 Å². The SMILES string of the molecule is Cc1c(Cl)cccc1C(=O)N1CCCC1(C)C(=O)O. The fraction of sp³-hybridized carbons (Fsp3) is 0.429. The molecule has 1 aromatic carbocycles. The van der Waals surface area contributed by atoms with Gasteiger partial charge in [-0.3, -0.25) is 4.79 Å². The summed E-state index contributed by atoms with van der Waals surface area (Å²) in [4.78, 5) is 25.4. The molecule has 1 aliphatic heterocycles. The molecule has 1 heterocycles. The van der Waals surface area contributed by atoms with Crippen LogP contribution in [0.5, 0.6) is 0 Å². The number of benzene rings is 1. The van der Waals surface area contributed by atoms with Gasteiger partial charge in [-0.1, -0.05) is 17.7 Å². The third-order valence-corrected chi connectivity index (χ3v) is 4.25. The smallest absolute Gasteiger partial charge is 0.329 e. The van der Waals surface area contributed by atoms with E-state index in [-0.39, 0.29) is 5.91 Å². The molecule has 0 radical (unpaired) electrons. The average Bonchev–Trinajstić information content (AvgIpc) is 2.75. The van der Waals surface area contributed by atoms with Crippen molar-refractivity contribution in [1.29, 1.82) is 0 Å². The van der Waals surface area contributed by atoms with Crippen molar-refractivity contribution in [2.75, 3.05) is 6.54 Å². The molecule has 2 rings (SSSR count). The van der Waals surface area contributed by atoms with Gasteiger partial charge in [0.25, 0.3) is 5.91 Å². The minimum absolute atomic E-state index is 0.262. The zero-order valence-electron chi connectivity index (χ0n) is 10.9. The van der Waals surface area contributed by atoms with Gasteiger partial charge in [0.2, 0.25) is 0 Å². The molecule has 0 saturated carbocycles. The van der Waals surface area contributed by atoms with Crippen molar-refractivity contribution in [2.24, 2.45) is 0 Å². The highest BCUT2D eigenvalue weighted by molar-refractivity contribution is 6.31. The Labute approximate surface area is 117 Å². The predicted octanol–water partition coefficient (Wildman–Crippen LogP) is 2.73. The van der Waals surface area contributed by atoms with E-state index in [0.29, 0.717) is 35.5 Å². The number of aliphatic carboxylic acids is 1. The Morgan fingerprint density at radius 3 is 2.74 bits per heavy atom. The quantitative estimate of drug-likeness (QED) is 0.907. The van der Waals surface area contributed by atoms with E-state index in [2.05, 4.69) is 0 Å². The summed E-state index contributed by atoms with van der Waals surface area (Å²) in [6, 6.07) is 5.11. The third-order valence-electron chi connectivity index (χ3n) is 3.85. The lowest BCUT2D eigenvalue weighted by atomic mass is 9.98. The van der Waals surface area contributed by atoms with Crippen molar-refractivity contribution in [3.8, 4) is 0 Å². The highest BCUT2D eigenvalue weighted by atomic mass is 35.5. The number of hydrogen-bond acceptors (Lipinski definition) is 2. The molecule has 1 aliphatic rings. The van der Waals surface area contributed by atoms with Gasteiger partial charge in [-0.2, -0.15) is 0 Å². The molecule has 1 N–H and O–H groups in total. The molecule has 0 spiro atoms. The van der Waals surface area contributed by atoms with Crippen molar-refractivity contribution in [3.63, 3.8) is 0 Å². The predicted molar refractivity (Wildman–Crippen MR) is 72.5 cm³/mol. The molecule has 102 valence electrons. The van der Waals surface area contributed by atoms with Crippen LogP contribution >= 0.6 is 11.6 Å². The first-order valence-electron chi connectivity index (χ1n) is 6.18. The Hall–Kier alpha value is -1.55. The molecule has 1 saturated heterocycles. The van der Waals surface area contributed by atoms with Crippen LogP contribution in [0.3, 0.4) is 0 Å².